The van der Waals surface area contributed by atoms with Crippen LogP contribution in [0.2, 0.25) is 0 Å². The van der Waals surface area contributed by atoms with Gasteiger partial charge < -0.3 is 5.32 Å². The van der Waals surface area contributed by atoms with Crippen LogP contribution in [-0.2, 0) is 11.3 Å². The van der Waals surface area contributed by atoms with E-state index in [4.69, 9.17) is 0 Å². The molecule has 0 aliphatic rings. The molecule has 1 amide bonds. The summed E-state index contributed by atoms with van der Waals surface area (Å²) in [5.74, 6) is -0.286. The molecule has 3 aromatic carbocycles. The van der Waals surface area contributed by atoms with E-state index in [1.165, 1.54) is 10.9 Å². The van der Waals surface area contributed by atoms with Gasteiger partial charge in [0.05, 0.1) is 17.2 Å². The molecule has 4 rings (SSSR count). The molecule has 28 heavy (non-hydrogen) atoms. The molecule has 0 fully saturated rings. The van der Waals surface area contributed by atoms with Crippen LogP contribution in [0, 0.1) is 0 Å². The largest absolute Gasteiger partial charge is 0.325 e. The molecular formula is C22H16BrN3O2. The molecule has 0 radical (unpaired) electrons. The van der Waals surface area contributed by atoms with E-state index in [1.807, 2.05) is 60.7 Å². The highest BCUT2D eigenvalue weighted by atomic mass is 79.9. The minimum Gasteiger partial charge on any atom is -0.325 e. The number of fused-ring (bicyclic) bond motifs is 1. The van der Waals surface area contributed by atoms with Crippen molar-refractivity contribution in [1.29, 1.82) is 0 Å². The van der Waals surface area contributed by atoms with Crippen molar-refractivity contribution in [2.75, 3.05) is 5.32 Å². The van der Waals surface area contributed by atoms with Gasteiger partial charge in [0.25, 0.3) is 5.56 Å². The summed E-state index contributed by atoms with van der Waals surface area (Å²) in [5, 5.41) is 3.29. The minimum absolute atomic E-state index is 0.102. The molecule has 1 N–H and O–H groups in total. The van der Waals surface area contributed by atoms with Gasteiger partial charge in [0.15, 0.2) is 0 Å². The number of anilines is 1. The maximum Gasteiger partial charge on any atom is 0.261 e. The first kappa shape index (κ1) is 18.1. The zero-order valence-electron chi connectivity index (χ0n) is 14.8. The molecule has 0 aliphatic heterocycles. The number of rotatable bonds is 4. The summed E-state index contributed by atoms with van der Waals surface area (Å²) in [6, 6.07) is 22.9. The van der Waals surface area contributed by atoms with E-state index in [0.717, 1.165) is 15.6 Å². The lowest BCUT2D eigenvalue weighted by Gasteiger charge is -2.09. The van der Waals surface area contributed by atoms with Gasteiger partial charge >= 0.3 is 0 Å². The fourth-order valence-electron chi connectivity index (χ4n) is 2.98. The van der Waals surface area contributed by atoms with Crippen LogP contribution in [0.25, 0.3) is 22.0 Å². The van der Waals surface area contributed by atoms with Crippen molar-refractivity contribution >= 4 is 38.4 Å². The standard InChI is InChI=1S/C22H16BrN3O2/c23-17-8-11-20-19(12-17)22(28)26(14-24-20)13-21(27)25-18-9-6-16(7-10-18)15-4-2-1-3-5-15/h1-12,14H,13H2,(H,25,27). The number of halogens is 1. The first-order valence-electron chi connectivity index (χ1n) is 8.70. The van der Waals surface area contributed by atoms with Gasteiger partial charge in [0, 0.05) is 10.2 Å². The van der Waals surface area contributed by atoms with Gasteiger partial charge in [-0.25, -0.2) is 4.98 Å². The average molecular weight is 434 g/mol. The molecule has 6 heteroatoms. The van der Waals surface area contributed by atoms with Crippen LogP contribution in [0.5, 0.6) is 0 Å². The number of carbonyl (C=O) groups is 1. The van der Waals surface area contributed by atoms with Crippen LogP contribution in [0.1, 0.15) is 0 Å². The molecule has 0 atom stereocenters. The van der Waals surface area contributed by atoms with Crippen LogP contribution < -0.4 is 10.9 Å². The topological polar surface area (TPSA) is 64.0 Å². The summed E-state index contributed by atoms with van der Waals surface area (Å²) in [6.45, 7) is -0.102. The van der Waals surface area contributed by atoms with Gasteiger partial charge in [-0.1, -0.05) is 58.4 Å². The summed E-state index contributed by atoms with van der Waals surface area (Å²) < 4.78 is 2.10. The summed E-state index contributed by atoms with van der Waals surface area (Å²) in [4.78, 5) is 29.2. The Kier molecular flexibility index (Phi) is 5.04. The number of hydrogen-bond acceptors (Lipinski definition) is 3. The minimum atomic E-state index is -0.286. The number of benzene rings is 3. The summed E-state index contributed by atoms with van der Waals surface area (Å²) in [7, 11) is 0. The second-order valence-electron chi connectivity index (χ2n) is 6.33. The van der Waals surface area contributed by atoms with E-state index in [2.05, 4.69) is 26.2 Å². The number of hydrogen-bond donors (Lipinski definition) is 1. The Morgan fingerprint density at radius 3 is 2.43 bits per heavy atom. The summed E-state index contributed by atoms with van der Waals surface area (Å²) in [5.41, 5.74) is 3.20. The monoisotopic (exact) mass is 433 g/mol. The van der Waals surface area contributed by atoms with Gasteiger partial charge in [0.2, 0.25) is 5.91 Å². The Bertz CT molecular complexity index is 1200. The van der Waals surface area contributed by atoms with E-state index in [-0.39, 0.29) is 18.0 Å². The maximum absolute atomic E-state index is 12.6. The van der Waals surface area contributed by atoms with Gasteiger partial charge in [-0.3, -0.25) is 14.2 Å². The van der Waals surface area contributed by atoms with E-state index in [1.54, 1.807) is 12.1 Å². The third-order valence-corrected chi connectivity index (χ3v) is 4.87. The average Bonchev–Trinajstić information content (AvgIpc) is 2.72. The fourth-order valence-corrected chi connectivity index (χ4v) is 3.34. The van der Waals surface area contributed by atoms with Gasteiger partial charge in [-0.05, 0) is 41.5 Å². The normalized spacial score (nSPS) is 10.8. The van der Waals surface area contributed by atoms with E-state index in [0.29, 0.717) is 16.6 Å². The van der Waals surface area contributed by atoms with Crippen LogP contribution in [0.3, 0.4) is 0 Å². The smallest absolute Gasteiger partial charge is 0.261 e. The number of carbonyl (C=O) groups excluding carboxylic acids is 1. The first-order chi connectivity index (χ1) is 13.6. The predicted octanol–water partition coefficient (Wildman–Crippen LogP) is 4.46. The second kappa shape index (κ2) is 7.78. The number of nitrogens with one attached hydrogen (secondary N) is 1. The highest BCUT2D eigenvalue weighted by Gasteiger charge is 2.09. The molecule has 1 heterocycles. The summed E-state index contributed by atoms with van der Waals surface area (Å²) >= 11 is 3.35. The van der Waals surface area contributed by atoms with Crippen LogP contribution >= 0.6 is 15.9 Å². The van der Waals surface area contributed by atoms with Crippen molar-refractivity contribution < 1.29 is 4.79 Å². The Labute approximate surface area is 169 Å². The SMILES string of the molecule is O=C(Cn1cnc2ccc(Br)cc2c1=O)Nc1ccc(-c2ccccc2)cc1. The van der Waals surface area contributed by atoms with E-state index < -0.39 is 0 Å². The third kappa shape index (κ3) is 3.87. The number of aromatic nitrogens is 2. The Balaban J connectivity index is 1.49. The van der Waals surface area contributed by atoms with Crippen molar-refractivity contribution in [2.45, 2.75) is 6.54 Å². The molecule has 0 saturated heterocycles. The highest BCUT2D eigenvalue weighted by Crippen LogP contribution is 2.21. The van der Waals surface area contributed by atoms with Gasteiger partial charge in [-0.15, -0.1) is 0 Å². The molecule has 138 valence electrons. The lowest BCUT2D eigenvalue weighted by molar-refractivity contribution is -0.116. The first-order valence-corrected chi connectivity index (χ1v) is 9.49. The van der Waals surface area contributed by atoms with Crippen LogP contribution in [0.15, 0.2) is 88.4 Å². The van der Waals surface area contributed by atoms with Crippen molar-refractivity contribution in [3.8, 4) is 11.1 Å². The van der Waals surface area contributed by atoms with Crippen molar-refractivity contribution in [1.82, 2.24) is 9.55 Å². The van der Waals surface area contributed by atoms with Crippen LogP contribution in [0.4, 0.5) is 5.69 Å². The molecule has 4 aromatic rings. The van der Waals surface area contributed by atoms with Gasteiger partial charge in [0.1, 0.15) is 6.54 Å². The lowest BCUT2D eigenvalue weighted by atomic mass is 10.1. The van der Waals surface area contributed by atoms with Crippen molar-refractivity contribution in [3.63, 3.8) is 0 Å². The number of amides is 1. The second-order valence-corrected chi connectivity index (χ2v) is 7.25. The molecule has 0 bridgehead atoms. The predicted molar refractivity (Wildman–Crippen MR) is 114 cm³/mol. The maximum atomic E-state index is 12.6. The van der Waals surface area contributed by atoms with Gasteiger partial charge in [-0.2, -0.15) is 0 Å². The molecule has 0 saturated carbocycles. The van der Waals surface area contributed by atoms with E-state index >= 15 is 0 Å². The summed E-state index contributed by atoms with van der Waals surface area (Å²) in [6.07, 6.45) is 1.40. The Hall–Kier alpha value is -3.25. The van der Waals surface area contributed by atoms with Crippen molar-refractivity contribution in [3.05, 3.63) is 94.0 Å². The molecule has 0 unspecified atom stereocenters. The molecular weight excluding hydrogens is 418 g/mol. The quantitative estimate of drug-likeness (QED) is 0.516. The van der Waals surface area contributed by atoms with Crippen LogP contribution in [-0.4, -0.2) is 15.5 Å². The third-order valence-electron chi connectivity index (χ3n) is 4.38. The fraction of sp³-hybridized carbons (Fsp3) is 0.0455. The zero-order chi connectivity index (χ0) is 19.5. The molecule has 0 aliphatic carbocycles. The zero-order valence-corrected chi connectivity index (χ0v) is 16.4. The Morgan fingerprint density at radius 1 is 0.964 bits per heavy atom. The molecule has 0 spiro atoms. The molecule has 5 nitrogen and oxygen atoms in total. The number of nitrogens with zero attached hydrogens (tertiary/aromatic N) is 2. The van der Waals surface area contributed by atoms with Crippen molar-refractivity contribution in [2.24, 2.45) is 0 Å². The lowest BCUT2D eigenvalue weighted by Crippen LogP contribution is -2.27. The molecule has 1 aromatic heterocycles. The Morgan fingerprint density at radius 2 is 1.68 bits per heavy atom. The van der Waals surface area contributed by atoms with E-state index in [9.17, 15) is 9.59 Å². The highest BCUT2D eigenvalue weighted by molar-refractivity contribution is 9.10.